The number of nitrogens with one attached hydrogen (secondary N) is 1. The maximum Gasteiger partial charge on any atom is 0.419 e. The van der Waals surface area contributed by atoms with Crippen LogP contribution >= 0.6 is 0 Å². The normalized spacial score (nSPS) is 20.0. The number of halogens is 5. The lowest BCUT2D eigenvalue weighted by Gasteiger charge is -2.43. The summed E-state index contributed by atoms with van der Waals surface area (Å²) < 4.78 is 68.8. The molecule has 1 aliphatic heterocycles. The monoisotopic (exact) mass is 494 g/mol. The minimum absolute atomic E-state index is 0.0186. The molecular weight excluding hydrogens is 471 g/mol. The van der Waals surface area contributed by atoms with Gasteiger partial charge in [-0.1, -0.05) is 37.3 Å². The SMILES string of the molecule is C[C@@H]1CC(F)(F)CN(C(=O)c2cn(C)nc2-c2ccccc2)[C@@H]1CNc1ncc(C(F)(F)F)cn1. The minimum atomic E-state index is -4.58. The molecule has 1 saturated heterocycles. The van der Waals surface area contributed by atoms with Crippen LogP contribution in [-0.2, 0) is 13.2 Å². The molecule has 35 heavy (non-hydrogen) atoms. The molecule has 0 saturated carbocycles. The number of hydrogen-bond acceptors (Lipinski definition) is 5. The summed E-state index contributed by atoms with van der Waals surface area (Å²) in [4.78, 5) is 22.0. The summed E-state index contributed by atoms with van der Waals surface area (Å²) in [6.45, 7) is 0.795. The van der Waals surface area contributed by atoms with Crippen LogP contribution in [0.15, 0.2) is 48.9 Å². The second kappa shape index (κ2) is 9.23. The van der Waals surface area contributed by atoms with E-state index in [4.69, 9.17) is 0 Å². The van der Waals surface area contributed by atoms with Crippen LogP contribution in [0.5, 0.6) is 0 Å². The number of benzene rings is 1. The zero-order chi connectivity index (χ0) is 25.4. The first-order valence-corrected chi connectivity index (χ1v) is 10.9. The van der Waals surface area contributed by atoms with Crippen LogP contribution in [-0.4, -0.2) is 55.6 Å². The summed E-state index contributed by atoms with van der Waals surface area (Å²) in [5, 5.41) is 7.14. The number of rotatable bonds is 5. The molecule has 12 heteroatoms. The predicted molar refractivity (Wildman–Crippen MR) is 118 cm³/mol. The summed E-state index contributed by atoms with van der Waals surface area (Å²) in [7, 11) is 1.64. The van der Waals surface area contributed by atoms with Crippen LogP contribution in [0.4, 0.5) is 27.9 Å². The van der Waals surface area contributed by atoms with E-state index >= 15 is 0 Å². The first-order valence-electron chi connectivity index (χ1n) is 10.9. The first-order chi connectivity index (χ1) is 16.4. The first kappa shape index (κ1) is 24.6. The zero-order valence-electron chi connectivity index (χ0n) is 18.9. The molecule has 1 aromatic carbocycles. The second-order valence-corrected chi connectivity index (χ2v) is 8.64. The number of carbonyl (C=O) groups is 1. The smallest absolute Gasteiger partial charge is 0.352 e. The van der Waals surface area contributed by atoms with E-state index in [2.05, 4.69) is 20.4 Å². The molecule has 186 valence electrons. The van der Waals surface area contributed by atoms with Crippen molar-refractivity contribution >= 4 is 11.9 Å². The van der Waals surface area contributed by atoms with Gasteiger partial charge in [0, 0.05) is 44.2 Å². The molecule has 1 aliphatic rings. The molecule has 3 aromatic rings. The number of nitrogens with zero attached hydrogens (tertiary/aromatic N) is 5. The minimum Gasteiger partial charge on any atom is -0.352 e. The lowest BCUT2D eigenvalue weighted by molar-refractivity contribution is -0.138. The number of carbonyl (C=O) groups excluding carboxylic acids is 1. The van der Waals surface area contributed by atoms with Crippen LogP contribution in [0.1, 0.15) is 29.3 Å². The van der Waals surface area contributed by atoms with Gasteiger partial charge in [0.25, 0.3) is 11.8 Å². The lowest BCUT2D eigenvalue weighted by Crippen LogP contribution is -2.57. The van der Waals surface area contributed by atoms with Crippen molar-refractivity contribution in [1.82, 2.24) is 24.6 Å². The fourth-order valence-corrected chi connectivity index (χ4v) is 4.25. The van der Waals surface area contributed by atoms with E-state index in [0.29, 0.717) is 23.7 Å². The van der Waals surface area contributed by atoms with E-state index in [1.807, 2.05) is 6.07 Å². The Kier molecular flexibility index (Phi) is 6.48. The van der Waals surface area contributed by atoms with Gasteiger partial charge in [0.05, 0.1) is 23.7 Å². The topological polar surface area (TPSA) is 75.9 Å². The second-order valence-electron chi connectivity index (χ2n) is 8.64. The molecule has 2 atom stereocenters. The van der Waals surface area contributed by atoms with Gasteiger partial charge in [-0.05, 0) is 5.92 Å². The highest BCUT2D eigenvalue weighted by molar-refractivity contribution is 6.00. The number of anilines is 1. The van der Waals surface area contributed by atoms with E-state index in [9.17, 15) is 26.7 Å². The maximum atomic E-state index is 14.5. The molecule has 2 aromatic heterocycles. The summed E-state index contributed by atoms with van der Waals surface area (Å²) in [6.07, 6.45) is -2.25. The average molecular weight is 494 g/mol. The number of amides is 1. The summed E-state index contributed by atoms with van der Waals surface area (Å²) >= 11 is 0. The Morgan fingerprint density at radius 2 is 1.83 bits per heavy atom. The van der Waals surface area contributed by atoms with Crippen molar-refractivity contribution in [2.24, 2.45) is 13.0 Å². The molecule has 3 heterocycles. The largest absolute Gasteiger partial charge is 0.419 e. The van der Waals surface area contributed by atoms with Gasteiger partial charge in [0.2, 0.25) is 5.95 Å². The van der Waals surface area contributed by atoms with Crippen LogP contribution in [0.2, 0.25) is 0 Å². The van der Waals surface area contributed by atoms with Gasteiger partial charge in [-0.15, -0.1) is 0 Å². The van der Waals surface area contributed by atoms with Crippen molar-refractivity contribution in [3.63, 3.8) is 0 Å². The number of piperidine rings is 1. The number of aryl methyl sites for hydroxylation is 1. The van der Waals surface area contributed by atoms with Crippen LogP contribution in [0.3, 0.4) is 0 Å². The summed E-state index contributed by atoms with van der Waals surface area (Å²) in [6, 6.07) is 8.24. The van der Waals surface area contributed by atoms with E-state index in [1.165, 1.54) is 10.9 Å². The third-order valence-electron chi connectivity index (χ3n) is 5.90. The van der Waals surface area contributed by atoms with Gasteiger partial charge in [-0.3, -0.25) is 9.48 Å². The third-order valence-corrected chi connectivity index (χ3v) is 5.90. The fraction of sp³-hybridized carbons (Fsp3) is 0.391. The Bertz CT molecular complexity index is 1180. The Labute approximate surface area is 198 Å². The zero-order valence-corrected chi connectivity index (χ0v) is 18.9. The highest BCUT2D eigenvalue weighted by atomic mass is 19.4. The molecule has 0 unspecified atom stereocenters. The standard InChI is InChI=1S/C23H23F5N6O/c1-14-8-22(24,25)13-34(18(14)11-31-21-29-9-16(10-30-21)23(26,27)28)20(35)17-12-33(2)32-19(17)15-6-4-3-5-7-15/h3-7,9-10,12,14,18H,8,11,13H2,1-2H3,(H,29,30,31)/t14-,18-/m1/s1. The number of likely N-dealkylation sites (tertiary alicyclic amines) is 1. The highest BCUT2D eigenvalue weighted by Gasteiger charge is 2.46. The molecule has 1 amide bonds. The Hall–Kier alpha value is -3.57. The lowest BCUT2D eigenvalue weighted by atomic mass is 9.87. The van der Waals surface area contributed by atoms with Gasteiger partial charge in [0.1, 0.15) is 5.69 Å². The van der Waals surface area contributed by atoms with Gasteiger partial charge in [0.15, 0.2) is 0 Å². The molecule has 1 N–H and O–H groups in total. The van der Waals surface area contributed by atoms with Crippen LogP contribution < -0.4 is 5.32 Å². The Balaban J connectivity index is 1.60. The van der Waals surface area contributed by atoms with Gasteiger partial charge >= 0.3 is 6.18 Å². The highest BCUT2D eigenvalue weighted by Crippen LogP contribution is 2.36. The van der Waals surface area contributed by atoms with Crippen molar-refractivity contribution in [3.05, 3.63) is 60.0 Å². The molecule has 0 spiro atoms. The molecule has 7 nitrogen and oxygen atoms in total. The molecule has 1 fully saturated rings. The number of alkyl halides is 5. The number of hydrogen-bond donors (Lipinski definition) is 1. The van der Waals surface area contributed by atoms with Crippen molar-refractivity contribution in [3.8, 4) is 11.3 Å². The maximum absolute atomic E-state index is 14.5. The molecular formula is C23H23F5N6O. The predicted octanol–water partition coefficient (Wildman–Crippen LogP) is 4.49. The van der Waals surface area contributed by atoms with Gasteiger partial charge < -0.3 is 10.2 Å². The van der Waals surface area contributed by atoms with Crippen molar-refractivity contribution in [2.75, 3.05) is 18.4 Å². The van der Waals surface area contributed by atoms with Gasteiger partial charge in [-0.25, -0.2) is 18.7 Å². The van der Waals surface area contributed by atoms with E-state index in [1.54, 1.807) is 38.2 Å². The van der Waals surface area contributed by atoms with Crippen molar-refractivity contribution in [1.29, 1.82) is 0 Å². The molecule has 0 bridgehead atoms. The average Bonchev–Trinajstić information content (AvgIpc) is 3.19. The third kappa shape index (κ3) is 5.41. The quantitative estimate of drug-likeness (QED) is 0.529. The van der Waals surface area contributed by atoms with E-state index in [0.717, 1.165) is 4.90 Å². The summed E-state index contributed by atoms with van der Waals surface area (Å²) in [5.41, 5.74) is 0.216. The molecule has 0 radical (unpaired) electrons. The van der Waals surface area contributed by atoms with Crippen molar-refractivity contribution < 1.29 is 26.7 Å². The van der Waals surface area contributed by atoms with Gasteiger partial charge in [-0.2, -0.15) is 18.3 Å². The number of aromatic nitrogens is 4. The van der Waals surface area contributed by atoms with E-state index in [-0.39, 0.29) is 18.1 Å². The fourth-order valence-electron chi connectivity index (χ4n) is 4.25. The van der Waals surface area contributed by atoms with E-state index < -0.39 is 48.5 Å². The summed E-state index contributed by atoms with van der Waals surface area (Å²) in [5.74, 6) is -4.41. The Morgan fingerprint density at radius 1 is 1.17 bits per heavy atom. The molecule has 0 aliphatic carbocycles. The molecule has 4 rings (SSSR count). The Morgan fingerprint density at radius 3 is 2.46 bits per heavy atom. The van der Waals surface area contributed by atoms with Crippen molar-refractivity contribution in [2.45, 2.75) is 31.5 Å². The van der Waals surface area contributed by atoms with Crippen LogP contribution in [0, 0.1) is 5.92 Å². The van der Waals surface area contributed by atoms with Crippen LogP contribution in [0.25, 0.3) is 11.3 Å².